The molecule has 1 heterocycles. The third-order valence-corrected chi connectivity index (χ3v) is 4.26. The van der Waals surface area contributed by atoms with Gasteiger partial charge < -0.3 is 16.2 Å². The Labute approximate surface area is 121 Å². The first-order chi connectivity index (χ1) is 9.51. The normalized spacial score (nSPS) is 12.1. The van der Waals surface area contributed by atoms with Gasteiger partial charge in [0.1, 0.15) is 5.01 Å². The molecule has 5 nitrogen and oxygen atoms in total. The van der Waals surface area contributed by atoms with E-state index in [-0.39, 0.29) is 11.6 Å². The second kappa shape index (κ2) is 5.92. The van der Waals surface area contributed by atoms with E-state index in [1.165, 1.54) is 10.9 Å². The van der Waals surface area contributed by atoms with Gasteiger partial charge in [-0.2, -0.15) is 0 Å². The van der Waals surface area contributed by atoms with Crippen molar-refractivity contribution in [2.75, 3.05) is 11.1 Å². The summed E-state index contributed by atoms with van der Waals surface area (Å²) < 4.78 is 0. The quantitative estimate of drug-likeness (QED) is 0.736. The lowest BCUT2D eigenvalue weighted by Gasteiger charge is -2.15. The van der Waals surface area contributed by atoms with Crippen molar-refractivity contribution in [1.82, 2.24) is 4.98 Å². The number of nitrogens with one attached hydrogen (secondary N) is 1. The first kappa shape index (κ1) is 14.3. The third-order valence-electron chi connectivity index (χ3n) is 2.94. The van der Waals surface area contributed by atoms with Crippen LogP contribution in [0.15, 0.2) is 24.4 Å². The van der Waals surface area contributed by atoms with Crippen LogP contribution in [0.2, 0.25) is 0 Å². The Morgan fingerprint density at radius 2 is 2.30 bits per heavy atom. The second-order valence-corrected chi connectivity index (χ2v) is 5.64. The van der Waals surface area contributed by atoms with E-state index in [4.69, 9.17) is 5.73 Å². The van der Waals surface area contributed by atoms with Gasteiger partial charge in [-0.15, -0.1) is 11.3 Å². The highest BCUT2D eigenvalue weighted by atomic mass is 32.1. The number of carboxylic acid groups (broad SMARTS) is 1. The highest BCUT2D eigenvalue weighted by Gasteiger charge is 2.15. The number of anilines is 2. The standard InChI is InChI=1S/C14H17N3O2S/c1-3-10-7-16-13(20-10)8(2)17-12-6-9(15)4-5-11(12)14(18)19/h4-8,17H,3,15H2,1-2H3,(H,18,19). The molecule has 0 saturated carbocycles. The number of thiazole rings is 1. The van der Waals surface area contributed by atoms with Gasteiger partial charge >= 0.3 is 5.97 Å². The minimum absolute atomic E-state index is 0.0693. The molecule has 1 aromatic carbocycles. The summed E-state index contributed by atoms with van der Waals surface area (Å²) in [4.78, 5) is 16.8. The fourth-order valence-electron chi connectivity index (χ4n) is 1.85. The predicted molar refractivity (Wildman–Crippen MR) is 81.3 cm³/mol. The Hall–Kier alpha value is -2.08. The zero-order chi connectivity index (χ0) is 14.7. The third kappa shape index (κ3) is 3.08. The molecule has 6 heteroatoms. The van der Waals surface area contributed by atoms with E-state index < -0.39 is 5.97 Å². The Morgan fingerprint density at radius 3 is 2.90 bits per heavy atom. The number of carboxylic acids is 1. The van der Waals surface area contributed by atoms with Crippen LogP contribution in [0.1, 0.15) is 40.1 Å². The van der Waals surface area contributed by atoms with Crippen molar-refractivity contribution < 1.29 is 9.90 Å². The summed E-state index contributed by atoms with van der Waals surface area (Å²) in [5, 5.41) is 13.3. The molecule has 0 bridgehead atoms. The zero-order valence-corrected chi connectivity index (χ0v) is 12.2. The molecular formula is C14H17N3O2S. The number of nitrogens with zero attached hydrogens (tertiary/aromatic N) is 1. The maximum atomic E-state index is 11.2. The molecule has 1 unspecified atom stereocenters. The van der Waals surface area contributed by atoms with Gasteiger partial charge in [-0.3, -0.25) is 0 Å². The van der Waals surface area contributed by atoms with E-state index in [0.29, 0.717) is 11.4 Å². The van der Waals surface area contributed by atoms with Gasteiger partial charge in [0.25, 0.3) is 0 Å². The lowest BCUT2D eigenvalue weighted by molar-refractivity contribution is 0.0698. The van der Waals surface area contributed by atoms with Crippen LogP contribution in [0.25, 0.3) is 0 Å². The van der Waals surface area contributed by atoms with Crippen molar-refractivity contribution in [3.63, 3.8) is 0 Å². The fourth-order valence-corrected chi connectivity index (χ4v) is 2.71. The van der Waals surface area contributed by atoms with Gasteiger partial charge in [0.05, 0.1) is 17.3 Å². The number of aryl methyl sites for hydroxylation is 1. The molecule has 1 aromatic heterocycles. The maximum absolute atomic E-state index is 11.2. The van der Waals surface area contributed by atoms with Crippen LogP contribution >= 0.6 is 11.3 Å². The lowest BCUT2D eigenvalue weighted by atomic mass is 10.1. The Kier molecular flexibility index (Phi) is 4.24. The summed E-state index contributed by atoms with van der Waals surface area (Å²) in [6.07, 6.45) is 2.80. The van der Waals surface area contributed by atoms with Crippen molar-refractivity contribution in [1.29, 1.82) is 0 Å². The van der Waals surface area contributed by atoms with E-state index in [1.54, 1.807) is 23.5 Å². The molecule has 4 N–H and O–H groups in total. The van der Waals surface area contributed by atoms with Crippen LogP contribution in [0, 0.1) is 0 Å². The summed E-state index contributed by atoms with van der Waals surface area (Å²) >= 11 is 1.63. The summed E-state index contributed by atoms with van der Waals surface area (Å²) in [6.45, 7) is 4.03. The molecule has 2 aromatic rings. The number of hydrogen-bond donors (Lipinski definition) is 3. The maximum Gasteiger partial charge on any atom is 0.337 e. The predicted octanol–water partition coefficient (Wildman–Crippen LogP) is 3.16. The minimum atomic E-state index is -0.979. The van der Waals surface area contributed by atoms with Gasteiger partial charge in [-0.05, 0) is 31.5 Å². The fraction of sp³-hybridized carbons (Fsp3) is 0.286. The van der Waals surface area contributed by atoms with Crippen molar-refractivity contribution in [2.24, 2.45) is 0 Å². The average Bonchev–Trinajstić information content (AvgIpc) is 2.87. The highest BCUT2D eigenvalue weighted by Crippen LogP contribution is 2.27. The summed E-state index contributed by atoms with van der Waals surface area (Å²) in [6, 6.07) is 4.65. The van der Waals surface area contributed by atoms with Crippen molar-refractivity contribution in [2.45, 2.75) is 26.3 Å². The summed E-state index contributed by atoms with van der Waals surface area (Å²) in [5.74, 6) is -0.979. The molecule has 0 spiro atoms. The van der Waals surface area contributed by atoms with Crippen LogP contribution in [-0.2, 0) is 6.42 Å². The lowest BCUT2D eigenvalue weighted by Crippen LogP contribution is -2.11. The van der Waals surface area contributed by atoms with Crippen LogP contribution < -0.4 is 11.1 Å². The number of aromatic carboxylic acids is 1. The molecule has 0 amide bonds. The summed E-state index contributed by atoms with van der Waals surface area (Å²) in [7, 11) is 0. The Balaban J connectivity index is 2.24. The number of carbonyl (C=O) groups is 1. The molecular weight excluding hydrogens is 274 g/mol. The van der Waals surface area contributed by atoms with E-state index in [9.17, 15) is 9.90 Å². The van der Waals surface area contributed by atoms with Gasteiger partial charge in [0.2, 0.25) is 0 Å². The SMILES string of the molecule is CCc1cnc(C(C)Nc2cc(N)ccc2C(=O)O)s1. The molecule has 1 atom stereocenters. The molecule has 106 valence electrons. The molecule has 0 aliphatic rings. The number of benzene rings is 1. The van der Waals surface area contributed by atoms with Gasteiger partial charge in [-0.1, -0.05) is 6.92 Å². The first-order valence-electron chi connectivity index (χ1n) is 6.35. The highest BCUT2D eigenvalue weighted by molar-refractivity contribution is 7.11. The largest absolute Gasteiger partial charge is 0.478 e. The molecule has 0 aliphatic carbocycles. The smallest absolute Gasteiger partial charge is 0.337 e. The van der Waals surface area contributed by atoms with Gasteiger partial charge in [0, 0.05) is 16.8 Å². The molecule has 20 heavy (non-hydrogen) atoms. The number of rotatable bonds is 5. The molecule has 0 fully saturated rings. The monoisotopic (exact) mass is 291 g/mol. The van der Waals surface area contributed by atoms with E-state index in [2.05, 4.69) is 17.2 Å². The number of hydrogen-bond acceptors (Lipinski definition) is 5. The zero-order valence-electron chi connectivity index (χ0n) is 11.4. The number of nitrogens with two attached hydrogens (primary N) is 1. The van der Waals surface area contributed by atoms with E-state index >= 15 is 0 Å². The van der Waals surface area contributed by atoms with Gasteiger partial charge in [0.15, 0.2) is 0 Å². The Bertz CT molecular complexity index is 625. The second-order valence-electron chi connectivity index (χ2n) is 4.49. The number of nitrogen functional groups attached to an aromatic ring is 1. The average molecular weight is 291 g/mol. The molecule has 0 radical (unpaired) electrons. The van der Waals surface area contributed by atoms with E-state index in [1.807, 2.05) is 13.1 Å². The van der Waals surface area contributed by atoms with Crippen molar-refractivity contribution >= 4 is 28.7 Å². The van der Waals surface area contributed by atoms with Crippen LogP contribution in [0.4, 0.5) is 11.4 Å². The first-order valence-corrected chi connectivity index (χ1v) is 7.17. The molecule has 2 rings (SSSR count). The minimum Gasteiger partial charge on any atom is -0.478 e. The van der Waals surface area contributed by atoms with Crippen molar-refractivity contribution in [3.8, 4) is 0 Å². The van der Waals surface area contributed by atoms with Crippen molar-refractivity contribution in [3.05, 3.63) is 39.8 Å². The Morgan fingerprint density at radius 1 is 1.55 bits per heavy atom. The van der Waals surface area contributed by atoms with Crippen LogP contribution in [0.5, 0.6) is 0 Å². The molecule has 0 aliphatic heterocycles. The van der Waals surface area contributed by atoms with E-state index in [0.717, 1.165) is 11.4 Å². The van der Waals surface area contributed by atoms with Crippen LogP contribution in [0.3, 0.4) is 0 Å². The molecule has 0 saturated heterocycles. The van der Waals surface area contributed by atoms with Crippen LogP contribution in [-0.4, -0.2) is 16.1 Å². The summed E-state index contributed by atoms with van der Waals surface area (Å²) in [5.41, 5.74) is 6.97. The topological polar surface area (TPSA) is 88.2 Å². The number of aromatic nitrogens is 1. The van der Waals surface area contributed by atoms with Gasteiger partial charge in [-0.25, -0.2) is 9.78 Å².